The maximum atomic E-state index is 13.1. The minimum absolute atomic E-state index is 0.0455. The predicted octanol–water partition coefficient (Wildman–Crippen LogP) is 4.80. The predicted molar refractivity (Wildman–Crippen MR) is 108 cm³/mol. The fourth-order valence-electron chi connectivity index (χ4n) is 3.04. The molecule has 0 amide bonds. The molecule has 0 saturated heterocycles. The van der Waals surface area contributed by atoms with Crippen LogP contribution in [0.2, 0.25) is 0 Å². The number of benzene rings is 2. The number of carbonyl (C=O) groups is 2. The molecule has 0 unspecified atom stereocenters. The standard InChI is InChI=1S/C23H25NO3/c1-15-7-6-8-16(11-15)22(26)19-13-24(14-21(25)23(2,3)4)20-12-17(27-5)9-10-18(19)20/h6-13H,14H2,1-5H3. The quantitative estimate of drug-likeness (QED) is 0.612. The van der Waals surface area contributed by atoms with Crippen LogP contribution in [0.4, 0.5) is 0 Å². The van der Waals surface area contributed by atoms with Gasteiger partial charge in [-0.1, -0.05) is 44.5 Å². The molecule has 0 radical (unpaired) electrons. The van der Waals surface area contributed by atoms with Crippen LogP contribution in [0.25, 0.3) is 10.9 Å². The van der Waals surface area contributed by atoms with Crippen molar-refractivity contribution >= 4 is 22.5 Å². The molecule has 0 aliphatic carbocycles. The van der Waals surface area contributed by atoms with Crippen LogP contribution in [0.5, 0.6) is 5.75 Å². The van der Waals surface area contributed by atoms with Crippen molar-refractivity contribution in [2.75, 3.05) is 7.11 Å². The van der Waals surface area contributed by atoms with Crippen molar-refractivity contribution in [3.05, 3.63) is 65.4 Å². The molecule has 2 aromatic carbocycles. The average molecular weight is 363 g/mol. The second-order valence-electron chi connectivity index (χ2n) is 7.93. The van der Waals surface area contributed by atoms with E-state index in [-0.39, 0.29) is 18.1 Å². The Hall–Kier alpha value is -2.88. The van der Waals surface area contributed by atoms with Gasteiger partial charge in [-0.15, -0.1) is 0 Å². The molecule has 4 nitrogen and oxygen atoms in total. The zero-order valence-corrected chi connectivity index (χ0v) is 16.5. The summed E-state index contributed by atoms with van der Waals surface area (Å²) < 4.78 is 7.19. The summed E-state index contributed by atoms with van der Waals surface area (Å²) in [4.78, 5) is 25.7. The number of ether oxygens (including phenoxy) is 1. The van der Waals surface area contributed by atoms with Crippen LogP contribution in [0.15, 0.2) is 48.7 Å². The smallest absolute Gasteiger partial charge is 0.195 e. The summed E-state index contributed by atoms with van der Waals surface area (Å²) in [5, 5.41) is 0.823. The van der Waals surface area contributed by atoms with Gasteiger partial charge in [0.05, 0.1) is 19.2 Å². The van der Waals surface area contributed by atoms with Crippen LogP contribution in [0.1, 0.15) is 42.3 Å². The second kappa shape index (κ2) is 7.03. The average Bonchev–Trinajstić information content (AvgIpc) is 2.98. The Morgan fingerprint density at radius 3 is 2.44 bits per heavy atom. The molecule has 0 aliphatic heterocycles. The topological polar surface area (TPSA) is 48.3 Å². The van der Waals surface area contributed by atoms with E-state index < -0.39 is 5.41 Å². The van der Waals surface area contributed by atoms with E-state index >= 15 is 0 Å². The first-order valence-corrected chi connectivity index (χ1v) is 9.02. The third kappa shape index (κ3) is 3.80. The highest BCUT2D eigenvalue weighted by atomic mass is 16.5. The van der Waals surface area contributed by atoms with Crippen LogP contribution < -0.4 is 4.74 Å². The Kier molecular flexibility index (Phi) is 4.92. The molecule has 3 aromatic rings. The molecule has 0 spiro atoms. The molecular formula is C23H25NO3. The molecule has 4 heteroatoms. The molecule has 0 fully saturated rings. The van der Waals surface area contributed by atoms with Crippen LogP contribution in [0, 0.1) is 12.3 Å². The van der Waals surface area contributed by atoms with Gasteiger partial charge in [0, 0.05) is 34.2 Å². The summed E-state index contributed by atoms with van der Waals surface area (Å²) in [6.45, 7) is 7.89. The number of nitrogens with zero attached hydrogens (tertiary/aromatic N) is 1. The molecule has 0 N–H and O–H groups in total. The summed E-state index contributed by atoms with van der Waals surface area (Å²) in [5.74, 6) is 0.757. The van der Waals surface area contributed by atoms with E-state index in [1.807, 2.05) is 74.7 Å². The van der Waals surface area contributed by atoms with Gasteiger partial charge in [0.1, 0.15) is 5.75 Å². The van der Waals surface area contributed by atoms with Crippen molar-refractivity contribution in [2.45, 2.75) is 34.2 Å². The van der Waals surface area contributed by atoms with Crippen molar-refractivity contribution in [3.63, 3.8) is 0 Å². The van der Waals surface area contributed by atoms with Gasteiger partial charge in [0.2, 0.25) is 0 Å². The lowest BCUT2D eigenvalue weighted by Gasteiger charge is -2.17. The number of Topliss-reactive ketones (excluding diaryl/α,β-unsaturated/α-hetero) is 1. The van der Waals surface area contributed by atoms with Gasteiger partial charge in [0.15, 0.2) is 11.6 Å². The summed E-state index contributed by atoms with van der Waals surface area (Å²) in [5.41, 5.74) is 2.65. The number of carbonyl (C=O) groups excluding carboxylic acids is 2. The summed E-state index contributed by atoms with van der Waals surface area (Å²) in [6, 6.07) is 13.2. The van der Waals surface area contributed by atoms with Crippen LogP contribution in [0.3, 0.4) is 0 Å². The molecule has 0 aliphatic rings. The number of hydrogen-bond acceptors (Lipinski definition) is 3. The van der Waals surface area contributed by atoms with Gasteiger partial charge in [-0.3, -0.25) is 9.59 Å². The monoisotopic (exact) mass is 363 g/mol. The molecule has 0 atom stereocenters. The second-order valence-corrected chi connectivity index (χ2v) is 7.93. The number of aromatic nitrogens is 1. The normalized spacial score (nSPS) is 11.6. The zero-order chi connectivity index (χ0) is 19.8. The van der Waals surface area contributed by atoms with Gasteiger partial charge in [-0.25, -0.2) is 0 Å². The SMILES string of the molecule is COc1ccc2c(C(=O)c3cccc(C)c3)cn(CC(=O)C(C)(C)C)c2c1. The van der Waals surface area contributed by atoms with Crippen molar-refractivity contribution in [1.82, 2.24) is 4.57 Å². The summed E-state index contributed by atoms with van der Waals surface area (Å²) in [7, 11) is 1.60. The highest BCUT2D eigenvalue weighted by Crippen LogP contribution is 2.29. The molecule has 27 heavy (non-hydrogen) atoms. The van der Waals surface area contributed by atoms with Gasteiger partial charge < -0.3 is 9.30 Å². The van der Waals surface area contributed by atoms with E-state index in [1.54, 1.807) is 13.3 Å². The Morgan fingerprint density at radius 1 is 1.07 bits per heavy atom. The number of fused-ring (bicyclic) bond motifs is 1. The fraction of sp³-hybridized carbons (Fsp3) is 0.304. The van der Waals surface area contributed by atoms with Crippen molar-refractivity contribution < 1.29 is 14.3 Å². The first kappa shape index (κ1) is 18.9. The van der Waals surface area contributed by atoms with E-state index in [0.717, 1.165) is 16.5 Å². The van der Waals surface area contributed by atoms with Gasteiger partial charge in [-0.05, 0) is 25.1 Å². The number of methoxy groups -OCH3 is 1. The Bertz CT molecular complexity index is 1020. The van der Waals surface area contributed by atoms with Crippen molar-refractivity contribution in [3.8, 4) is 5.75 Å². The van der Waals surface area contributed by atoms with E-state index in [1.165, 1.54) is 0 Å². The van der Waals surface area contributed by atoms with Crippen molar-refractivity contribution in [2.24, 2.45) is 5.41 Å². The molecule has 0 bridgehead atoms. The third-order valence-corrected chi connectivity index (χ3v) is 4.76. The number of rotatable bonds is 5. The lowest BCUT2D eigenvalue weighted by atomic mass is 9.91. The molecular weight excluding hydrogens is 338 g/mol. The molecule has 0 saturated carbocycles. The highest BCUT2D eigenvalue weighted by molar-refractivity contribution is 6.16. The van der Waals surface area contributed by atoms with E-state index in [0.29, 0.717) is 16.9 Å². The number of aryl methyl sites for hydroxylation is 1. The summed E-state index contributed by atoms with van der Waals surface area (Å²) in [6.07, 6.45) is 1.79. The van der Waals surface area contributed by atoms with E-state index in [4.69, 9.17) is 4.74 Å². The Morgan fingerprint density at radius 2 is 1.81 bits per heavy atom. The zero-order valence-electron chi connectivity index (χ0n) is 16.5. The van der Waals surface area contributed by atoms with Crippen LogP contribution in [-0.4, -0.2) is 23.2 Å². The maximum absolute atomic E-state index is 13.1. The Balaban J connectivity index is 2.13. The van der Waals surface area contributed by atoms with Crippen LogP contribution >= 0.6 is 0 Å². The van der Waals surface area contributed by atoms with Gasteiger partial charge in [-0.2, -0.15) is 0 Å². The number of hydrogen-bond donors (Lipinski definition) is 0. The minimum atomic E-state index is -0.448. The fourth-order valence-corrected chi connectivity index (χ4v) is 3.04. The van der Waals surface area contributed by atoms with E-state index in [9.17, 15) is 9.59 Å². The van der Waals surface area contributed by atoms with Gasteiger partial charge in [0.25, 0.3) is 0 Å². The van der Waals surface area contributed by atoms with E-state index in [2.05, 4.69) is 0 Å². The van der Waals surface area contributed by atoms with Crippen LogP contribution in [-0.2, 0) is 11.3 Å². The molecule has 3 rings (SSSR count). The molecule has 1 aromatic heterocycles. The van der Waals surface area contributed by atoms with Crippen molar-refractivity contribution in [1.29, 1.82) is 0 Å². The van der Waals surface area contributed by atoms with Gasteiger partial charge >= 0.3 is 0 Å². The maximum Gasteiger partial charge on any atom is 0.195 e. The summed E-state index contributed by atoms with van der Waals surface area (Å²) >= 11 is 0. The Labute approximate surface area is 159 Å². The highest BCUT2D eigenvalue weighted by Gasteiger charge is 2.24. The minimum Gasteiger partial charge on any atom is -0.497 e. The number of ketones is 2. The molecule has 140 valence electrons. The first-order chi connectivity index (χ1) is 12.7. The third-order valence-electron chi connectivity index (χ3n) is 4.76. The first-order valence-electron chi connectivity index (χ1n) is 9.02. The lowest BCUT2D eigenvalue weighted by Crippen LogP contribution is -2.24. The molecule has 1 heterocycles. The lowest BCUT2D eigenvalue weighted by molar-refractivity contribution is -0.126. The largest absolute Gasteiger partial charge is 0.497 e.